The Morgan fingerprint density at radius 2 is 1.76 bits per heavy atom. The van der Waals surface area contributed by atoms with Gasteiger partial charge in [0.1, 0.15) is 5.01 Å². The molecule has 0 atom stereocenters. The van der Waals surface area contributed by atoms with Crippen LogP contribution in [0.3, 0.4) is 0 Å². The van der Waals surface area contributed by atoms with Gasteiger partial charge in [-0.1, -0.05) is 41.7 Å². The van der Waals surface area contributed by atoms with Crippen molar-refractivity contribution in [1.82, 2.24) is 20.0 Å². The molecule has 3 aromatic rings. The summed E-state index contributed by atoms with van der Waals surface area (Å²) in [5, 5.41) is 15.1. The van der Waals surface area contributed by atoms with Crippen LogP contribution in [0.4, 0.5) is 10.8 Å². The summed E-state index contributed by atoms with van der Waals surface area (Å²) in [7, 11) is 0. The highest BCUT2D eigenvalue weighted by molar-refractivity contribution is 9.10. The van der Waals surface area contributed by atoms with Crippen LogP contribution in [0, 0.1) is 0 Å². The fourth-order valence-electron chi connectivity index (χ4n) is 4.02. The molecule has 8 nitrogen and oxygen atoms in total. The monoisotopic (exact) mass is 540 g/mol. The molecule has 34 heavy (non-hydrogen) atoms. The highest BCUT2D eigenvalue weighted by Gasteiger charge is 2.31. The predicted octanol–water partition coefficient (Wildman–Crippen LogP) is 3.94. The van der Waals surface area contributed by atoms with Crippen LogP contribution in [0.15, 0.2) is 53.0 Å². The van der Waals surface area contributed by atoms with E-state index in [9.17, 15) is 9.59 Å². The van der Waals surface area contributed by atoms with Gasteiger partial charge in [-0.2, -0.15) is 0 Å². The van der Waals surface area contributed by atoms with E-state index in [1.54, 1.807) is 18.2 Å². The minimum absolute atomic E-state index is 0.0882. The number of rotatable bonds is 7. The summed E-state index contributed by atoms with van der Waals surface area (Å²) in [6.07, 6.45) is 2.62. The lowest BCUT2D eigenvalue weighted by atomic mass is 10.2. The maximum atomic E-state index is 12.8. The van der Waals surface area contributed by atoms with Crippen LogP contribution < -0.4 is 10.6 Å². The van der Waals surface area contributed by atoms with E-state index in [0.717, 1.165) is 47.3 Å². The number of nitrogens with one attached hydrogen (secondary N) is 2. The van der Waals surface area contributed by atoms with Crippen molar-refractivity contribution >= 4 is 49.9 Å². The maximum absolute atomic E-state index is 12.8. The van der Waals surface area contributed by atoms with Crippen LogP contribution >= 0.6 is 27.3 Å². The number of amides is 2. The third-order valence-corrected chi connectivity index (χ3v) is 7.59. The van der Waals surface area contributed by atoms with Gasteiger partial charge in [0, 0.05) is 47.8 Å². The molecule has 10 heteroatoms. The zero-order valence-electron chi connectivity index (χ0n) is 18.5. The molecule has 2 N–H and O–H groups in total. The van der Waals surface area contributed by atoms with Gasteiger partial charge >= 0.3 is 0 Å². The van der Waals surface area contributed by atoms with Crippen molar-refractivity contribution in [3.05, 3.63) is 58.6 Å². The van der Waals surface area contributed by atoms with Gasteiger partial charge in [-0.15, -0.1) is 10.2 Å². The van der Waals surface area contributed by atoms with E-state index in [2.05, 4.69) is 46.6 Å². The van der Waals surface area contributed by atoms with Crippen molar-refractivity contribution < 1.29 is 9.59 Å². The lowest BCUT2D eigenvalue weighted by Crippen LogP contribution is -2.49. The van der Waals surface area contributed by atoms with Gasteiger partial charge in [0.25, 0.3) is 5.91 Å². The number of hydrogen-bond donors (Lipinski definition) is 2. The molecule has 2 heterocycles. The van der Waals surface area contributed by atoms with Crippen LogP contribution in [0.25, 0.3) is 10.6 Å². The first-order valence-electron chi connectivity index (χ1n) is 11.3. The van der Waals surface area contributed by atoms with E-state index in [0.29, 0.717) is 22.9 Å². The minimum atomic E-state index is -0.310. The number of benzene rings is 2. The van der Waals surface area contributed by atoms with Crippen LogP contribution in [0.2, 0.25) is 0 Å². The fraction of sp³-hybridized carbons (Fsp3) is 0.333. The second kappa shape index (κ2) is 10.3. The molecule has 2 aromatic carbocycles. The van der Waals surface area contributed by atoms with Crippen LogP contribution in [0.1, 0.15) is 23.2 Å². The smallest absolute Gasteiger partial charge is 0.257 e. The summed E-state index contributed by atoms with van der Waals surface area (Å²) in [4.78, 5) is 30.2. The van der Waals surface area contributed by atoms with Crippen molar-refractivity contribution in [2.45, 2.75) is 18.9 Å². The molecular formula is C24H25BrN6O2S. The van der Waals surface area contributed by atoms with Gasteiger partial charge in [0.2, 0.25) is 11.0 Å². The Morgan fingerprint density at radius 1 is 1.00 bits per heavy atom. The number of halogens is 1. The average Bonchev–Trinajstić information content (AvgIpc) is 3.60. The van der Waals surface area contributed by atoms with Gasteiger partial charge < -0.3 is 5.32 Å². The van der Waals surface area contributed by atoms with Crippen molar-refractivity contribution in [2.24, 2.45) is 0 Å². The molecule has 1 aliphatic heterocycles. The fourth-order valence-corrected chi connectivity index (χ4v) is 5.11. The number of piperazine rings is 1. The molecule has 0 bridgehead atoms. The highest BCUT2D eigenvalue weighted by Crippen LogP contribution is 2.29. The predicted molar refractivity (Wildman–Crippen MR) is 137 cm³/mol. The number of nitrogens with zero attached hydrogens (tertiary/aromatic N) is 4. The largest absolute Gasteiger partial charge is 0.324 e. The first-order chi connectivity index (χ1) is 16.5. The van der Waals surface area contributed by atoms with E-state index >= 15 is 0 Å². The van der Waals surface area contributed by atoms with Crippen molar-refractivity contribution in [1.29, 1.82) is 0 Å². The highest BCUT2D eigenvalue weighted by atomic mass is 79.9. The molecule has 1 saturated heterocycles. The van der Waals surface area contributed by atoms with Gasteiger partial charge in [0.15, 0.2) is 0 Å². The lowest BCUT2D eigenvalue weighted by Gasteiger charge is -2.34. The first kappa shape index (κ1) is 23.1. The summed E-state index contributed by atoms with van der Waals surface area (Å²) in [6.45, 7) is 4.19. The number of anilines is 2. The molecule has 0 radical (unpaired) electrons. The average molecular weight is 541 g/mol. The van der Waals surface area contributed by atoms with Crippen molar-refractivity contribution in [3.63, 3.8) is 0 Å². The summed E-state index contributed by atoms with van der Waals surface area (Å²) in [5.74, 6) is -0.398. The Labute approximate surface area is 210 Å². The second-order valence-electron chi connectivity index (χ2n) is 8.52. The normalized spacial score (nSPS) is 16.9. The van der Waals surface area contributed by atoms with E-state index in [4.69, 9.17) is 0 Å². The Hall–Kier alpha value is -2.66. The topological polar surface area (TPSA) is 90.5 Å². The van der Waals surface area contributed by atoms with E-state index < -0.39 is 0 Å². The second-order valence-corrected chi connectivity index (χ2v) is 10.4. The number of carbonyl (C=O) groups excluding carboxylic acids is 2. The van der Waals surface area contributed by atoms with E-state index in [1.807, 2.05) is 30.3 Å². The number of aromatic nitrogens is 2. The Bertz CT molecular complexity index is 1180. The van der Waals surface area contributed by atoms with Crippen LogP contribution in [-0.4, -0.2) is 70.6 Å². The summed E-state index contributed by atoms with van der Waals surface area (Å²) < 4.78 is 0.721. The van der Waals surface area contributed by atoms with E-state index in [-0.39, 0.29) is 11.8 Å². The first-order valence-corrected chi connectivity index (χ1v) is 12.9. The Kier molecular flexibility index (Phi) is 7.00. The maximum Gasteiger partial charge on any atom is 0.257 e. The summed E-state index contributed by atoms with van der Waals surface area (Å²) in [6, 6.07) is 15.6. The minimum Gasteiger partial charge on any atom is -0.324 e. The van der Waals surface area contributed by atoms with Crippen LogP contribution in [0.5, 0.6) is 0 Å². The third-order valence-electron chi connectivity index (χ3n) is 6.01. The van der Waals surface area contributed by atoms with Crippen molar-refractivity contribution in [2.75, 3.05) is 43.4 Å². The molecule has 1 saturated carbocycles. The quantitative estimate of drug-likeness (QED) is 0.471. The zero-order chi connectivity index (χ0) is 23.5. The number of hydrogen-bond acceptors (Lipinski definition) is 7. The molecule has 2 fully saturated rings. The van der Waals surface area contributed by atoms with E-state index in [1.165, 1.54) is 24.2 Å². The van der Waals surface area contributed by atoms with Gasteiger partial charge in [-0.05, 0) is 47.0 Å². The molecule has 5 rings (SSSR count). The lowest BCUT2D eigenvalue weighted by molar-refractivity contribution is -0.117. The standard InChI is InChI=1S/C24H25BrN6O2S/c25-19-9-6-17(22(33)27-24-29-28-23(34-24)16-4-2-1-3-5-16)14-20(19)26-21(32)15-30-10-12-31(13-11-30)18-7-8-18/h1-6,9,14,18H,7-8,10-13,15H2,(H,26,32)(H,27,29,33). The molecule has 1 aromatic heterocycles. The SMILES string of the molecule is O=C(CN1CCN(C2CC2)CC1)Nc1cc(C(=O)Nc2nnc(-c3ccccc3)s2)ccc1Br. The Balaban J connectivity index is 1.18. The van der Waals surface area contributed by atoms with Gasteiger partial charge in [-0.25, -0.2) is 0 Å². The van der Waals surface area contributed by atoms with Crippen LogP contribution in [-0.2, 0) is 4.79 Å². The van der Waals surface area contributed by atoms with Crippen molar-refractivity contribution in [3.8, 4) is 10.6 Å². The molecule has 1 aliphatic carbocycles. The molecule has 0 spiro atoms. The number of carbonyl (C=O) groups is 2. The molecule has 2 amide bonds. The summed E-state index contributed by atoms with van der Waals surface area (Å²) in [5.41, 5.74) is 1.94. The van der Waals surface area contributed by atoms with Gasteiger partial charge in [-0.3, -0.25) is 24.7 Å². The Morgan fingerprint density at radius 3 is 2.50 bits per heavy atom. The van der Waals surface area contributed by atoms with Gasteiger partial charge in [0.05, 0.1) is 12.2 Å². The zero-order valence-corrected chi connectivity index (χ0v) is 20.9. The molecule has 176 valence electrons. The third kappa shape index (κ3) is 5.69. The molecule has 0 unspecified atom stereocenters. The molecular weight excluding hydrogens is 516 g/mol. The molecule has 2 aliphatic rings. The summed E-state index contributed by atoms with van der Waals surface area (Å²) >= 11 is 4.78.